The molecule has 6 nitrogen and oxygen atoms in total. The fourth-order valence-electron chi connectivity index (χ4n) is 4.13. The van der Waals surface area contributed by atoms with E-state index in [0.29, 0.717) is 6.54 Å². The fraction of sp³-hybridized carbons (Fsp3) is 0.435. The van der Waals surface area contributed by atoms with Crippen LogP contribution in [0, 0.1) is 6.92 Å². The quantitative estimate of drug-likeness (QED) is 0.632. The molecule has 3 aromatic rings. The summed E-state index contributed by atoms with van der Waals surface area (Å²) in [6.07, 6.45) is 5.77. The van der Waals surface area contributed by atoms with Crippen molar-refractivity contribution in [2.45, 2.75) is 46.1 Å². The molecule has 1 N–H and O–H groups in total. The van der Waals surface area contributed by atoms with Gasteiger partial charge in [-0.05, 0) is 62.8 Å². The molecule has 1 amide bonds. The Labute approximate surface area is 180 Å². The molecule has 0 unspecified atom stereocenters. The van der Waals surface area contributed by atoms with Crippen molar-refractivity contribution in [3.63, 3.8) is 0 Å². The number of aryl methyl sites for hydroxylation is 3. The number of thiophene rings is 1. The van der Waals surface area contributed by atoms with Gasteiger partial charge in [0.1, 0.15) is 11.4 Å². The maximum absolute atomic E-state index is 13.0. The molecule has 7 heteroatoms. The van der Waals surface area contributed by atoms with Gasteiger partial charge < -0.3 is 10.2 Å². The molecule has 0 saturated carbocycles. The minimum Gasteiger partial charge on any atom is -0.370 e. The van der Waals surface area contributed by atoms with Gasteiger partial charge in [0.2, 0.25) is 5.91 Å². The Morgan fingerprint density at radius 2 is 2.13 bits per heavy atom. The van der Waals surface area contributed by atoms with E-state index in [1.807, 2.05) is 6.07 Å². The molecule has 0 spiro atoms. The van der Waals surface area contributed by atoms with Gasteiger partial charge in [-0.1, -0.05) is 12.1 Å². The Kier molecular flexibility index (Phi) is 6.18. The SMILES string of the molecule is CCN(CCNC(=O)Cn1cnc2sc3c(c2c1=O)CCCC3)c1cccc(C)c1. The highest BCUT2D eigenvalue weighted by Gasteiger charge is 2.20. The number of likely N-dealkylation sites (N-methyl/N-ethyl adjacent to an activating group) is 1. The monoisotopic (exact) mass is 424 g/mol. The summed E-state index contributed by atoms with van der Waals surface area (Å²) >= 11 is 1.63. The topological polar surface area (TPSA) is 67.2 Å². The molecule has 0 aliphatic heterocycles. The first-order chi connectivity index (χ1) is 14.6. The Morgan fingerprint density at radius 3 is 2.93 bits per heavy atom. The van der Waals surface area contributed by atoms with E-state index < -0.39 is 0 Å². The minimum atomic E-state index is -0.164. The normalized spacial score (nSPS) is 13.3. The van der Waals surface area contributed by atoms with Crippen LogP contribution in [0.5, 0.6) is 0 Å². The lowest BCUT2D eigenvalue weighted by Crippen LogP contribution is -2.38. The number of carbonyl (C=O) groups is 1. The molecule has 0 saturated heterocycles. The number of carbonyl (C=O) groups excluding carboxylic acids is 1. The van der Waals surface area contributed by atoms with Gasteiger partial charge in [0.25, 0.3) is 5.56 Å². The average molecular weight is 425 g/mol. The fourth-order valence-corrected chi connectivity index (χ4v) is 5.35. The van der Waals surface area contributed by atoms with E-state index in [0.717, 1.165) is 53.8 Å². The second kappa shape index (κ2) is 9.00. The number of hydrogen-bond acceptors (Lipinski definition) is 5. The van der Waals surface area contributed by atoms with Crippen LogP contribution in [0.1, 0.15) is 35.8 Å². The standard InChI is InChI=1S/C23H28N4O2S/c1-3-26(17-8-6-7-16(2)13-17)12-11-24-20(28)14-27-15-25-22-21(23(27)29)18-9-4-5-10-19(18)30-22/h6-8,13,15H,3-5,9-12,14H2,1-2H3,(H,24,28). The summed E-state index contributed by atoms with van der Waals surface area (Å²) in [5.41, 5.74) is 3.43. The zero-order chi connectivity index (χ0) is 21.1. The van der Waals surface area contributed by atoms with E-state index in [9.17, 15) is 9.59 Å². The van der Waals surface area contributed by atoms with Crippen LogP contribution in [0.15, 0.2) is 35.4 Å². The molecular formula is C23H28N4O2S. The van der Waals surface area contributed by atoms with E-state index in [1.54, 1.807) is 11.3 Å². The maximum atomic E-state index is 13.0. The van der Waals surface area contributed by atoms with Gasteiger partial charge in [-0.3, -0.25) is 14.2 Å². The first kappa shape index (κ1) is 20.6. The molecule has 30 heavy (non-hydrogen) atoms. The number of nitrogens with one attached hydrogen (secondary N) is 1. The number of aromatic nitrogens is 2. The maximum Gasteiger partial charge on any atom is 0.262 e. The number of rotatable bonds is 7. The summed E-state index contributed by atoms with van der Waals surface area (Å²) < 4.78 is 1.44. The molecule has 0 bridgehead atoms. The summed E-state index contributed by atoms with van der Waals surface area (Å²) in [6.45, 7) is 6.29. The van der Waals surface area contributed by atoms with Crippen molar-refractivity contribution in [2.75, 3.05) is 24.5 Å². The summed E-state index contributed by atoms with van der Waals surface area (Å²) in [5.74, 6) is -0.164. The van der Waals surface area contributed by atoms with Crippen molar-refractivity contribution in [3.05, 3.63) is 57.0 Å². The van der Waals surface area contributed by atoms with E-state index >= 15 is 0 Å². The van der Waals surface area contributed by atoms with Crippen LogP contribution in [0.4, 0.5) is 5.69 Å². The van der Waals surface area contributed by atoms with Gasteiger partial charge >= 0.3 is 0 Å². The van der Waals surface area contributed by atoms with Crippen molar-refractivity contribution in [1.29, 1.82) is 0 Å². The molecule has 2 aromatic heterocycles. The number of fused-ring (bicyclic) bond motifs is 3. The van der Waals surface area contributed by atoms with Crippen LogP contribution in [0.2, 0.25) is 0 Å². The van der Waals surface area contributed by atoms with Crippen LogP contribution in [0.3, 0.4) is 0 Å². The second-order valence-electron chi connectivity index (χ2n) is 7.84. The van der Waals surface area contributed by atoms with Gasteiger partial charge in [-0.2, -0.15) is 0 Å². The summed E-state index contributed by atoms with van der Waals surface area (Å²) in [6, 6.07) is 8.35. The molecule has 1 aromatic carbocycles. The molecule has 2 heterocycles. The lowest BCUT2D eigenvalue weighted by atomic mass is 9.97. The van der Waals surface area contributed by atoms with Crippen LogP contribution in [-0.2, 0) is 24.2 Å². The van der Waals surface area contributed by atoms with Crippen LogP contribution in [-0.4, -0.2) is 35.1 Å². The first-order valence-electron chi connectivity index (χ1n) is 10.6. The predicted molar refractivity (Wildman–Crippen MR) is 123 cm³/mol. The molecule has 4 rings (SSSR count). The second-order valence-corrected chi connectivity index (χ2v) is 8.92. The molecular weight excluding hydrogens is 396 g/mol. The first-order valence-corrected chi connectivity index (χ1v) is 11.5. The smallest absolute Gasteiger partial charge is 0.262 e. The highest BCUT2D eigenvalue weighted by molar-refractivity contribution is 7.18. The zero-order valence-electron chi connectivity index (χ0n) is 17.6. The molecule has 1 aliphatic rings. The Balaban J connectivity index is 1.40. The largest absolute Gasteiger partial charge is 0.370 e. The molecule has 0 atom stereocenters. The minimum absolute atomic E-state index is 0.00294. The van der Waals surface area contributed by atoms with Crippen molar-refractivity contribution in [1.82, 2.24) is 14.9 Å². The molecule has 0 fully saturated rings. The van der Waals surface area contributed by atoms with Gasteiger partial charge in [0.05, 0.1) is 11.7 Å². The van der Waals surface area contributed by atoms with Crippen molar-refractivity contribution in [2.24, 2.45) is 0 Å². The van der Waals surface area contributed by atoms with Gasteiger partial charge in [0.15, 0.2) is 0 Å². The van der Waals surface area contributed by atoms with Crippen LogP contribution < -0.4 is 15.8 Å². The van der Waals surface area contributed by atoms with E-state index in [1.165, 1.54) is 27.8 Å². The Hall–Kier alpha value is -2.67. The predicted octanol–water partition coefficient (Wildman–Crippen LogP) is 3.29. The number of hydrogen-bond donors (Lipinski definition) is 1. The van der Waals surface area contributed by atoms with Crippen molar-refractivity contribution >= 4 is 33.1 Å². The Morgan fingerprint density at radius 1 is 1.30 bits per heavy atom. The van der Waals surface area contributed by atoms with Gasteiger partial charge in [0, 0.05) is 30.2 Å². The van der Waals surface area contributed by atoms with Gasteiger partial charge in [-0.15, -0.1) is 11.3 Å². The van der Waals surface area contributed by atoms with Crippen LogP contribution in [0.25, 0.3) is 10.2 Å². The van der Waals surface area contributed by atoms with E-state index in [4.69, 9.17) is 0 Å². The van der Waals surface area contributed by atoms with Crippen molar-refractivity contribution in [3.8, 4) is 0 Å². The molecule has 158 valence electrons. The third kappa shape index (κ3) is 4.26. The lowest BCUT2D eigenvalue weighted by Gasteiger charge is -2.23. The Bertz CT molecular complexity index is 1120. The zero-order valence-corrected chi connectivity index (χ0v) is 18.4. The van der Waals surface area contributed by atoms with Crippen LogP contribution >= 0.6 is 11.3 Å². The molecule has 0 radical (unpaired) electrons. The van der Waals surface area contributed by atoms with Gasteiger partial charge in [-0.25, -0.2) is 4.98 Å². The van der Waals surface area contributed by atoms with Crippen molar-refractivity contribution < 1.29 is 4.79 Å². The third-order valence-electron chi connectivity index (χ3n) is 5.71. The van der Waals surface area contributed by atoms with E-state index in [2.05, 4.69) is 47.2 Å². The summed E-state index contributed by atoms with van der Waals surface area (Å²) in [4.78, 5) is 34.2. The number of amides is 1. The number of anilines is 1. The molecule has 1 aliphatic carbocycles. The number of nitrogens with zero attached hydrogens (tertiary/aromatic N) is 3. The summed E-state index contributed by atoms with van der Waals surface area (Å²) in [7, 11) is 0. The average Bonchev–Trinajstić information content (AvgIpc) is 3.12. The highest BCUT2D eigenvalue weighted by atomic mass is 32.1. The summed E-state index contributed by atoms with van der Waals surface area (Å²) in [5, 5.41) is 3.67. The number of benzene rings is 1. The van der Waals surface area contributed by atoms with E-state index in [-0.39, 0.29) is 18.0 Å². The third-order valence-corrected chi connectivity index (χ3v) is 6.91. The lowest BCUT2D eigenvalue weighted by molar-refractivity contribution is -0.121. The highest BCUT2D eigenvalue weighted by Crippen LogP contribution is 2.33.